The van der Waals surface area contributed by atoms with E-state index >= 15 is 0 Å². The highest BCUT2D eigenvalue weighted by Gasteiger charge is 2.35. The molecular weight excluding hydrogens is 442 g/mol. The molecule has 1 aliphatic carbocycles. The van der Waals surface area contributed by atoms with Crippen LogP contribution in [0.1, 0.15) is 36.0 Å². The first-order valence-corrected chi connectivity index (χ1v) is 11.9. The third-order valence-electron chi connectivity index (χ3n) is 6.89. The maximum Gasteiger partial charge on any atom is 0.251 e. The van der Waals surface area contributed by atoms with Crippen LogP contribution in [-0.4, -0.2) is 52.4 Å². The van der Waals surface area contributed by atoms with Gasteiger partial charge in [-0.05, 0) is 62.1 Å². The molecule has 1 fully saturated rings. The van der Waals surface area contributed by atoms with Gasteiger partial charge in [0.25, 0.3) is 5.91 Å². The maximum absolute atomic E-state index is 13.2. The number of aromatic nitrogens is 6. The first-order chi connectivity index (χ1) is 17.0. The summed E-state index contributed by atoms with van der Waals surface area (Å²) in [5, 5.41) is 32.4. The fraction of sp³-hybridized carbons (Fsp3) is 0.308. The molecule has 2 aromatic carbocycles. The normalized spacial score (nSPS) is 20.5. The molecule has 1 amide bonds. The van der Waals surface area contributed by atoms with Gasteiger partial charge >= 0.3 is 0 Å². The van der Waals surface area contributed by atoms with E-state index in [0.717, 1.165) is 45.9 Å². The van der Waals surface area contributed by atoms with E-state index < -0.39 is 5.60 Å². The number of aryl methyl sites for hydroxylation is 1. The lowest BCUT2D eigenvalue weighted by Crippen LogP contribution is -2.47. The van der Waals surface area contributed by atoms with Crippen LogP contribution in [0.2, 0.25) is 0 Å². The number of hydrogen-bond donors (Lipinski definition) is 3. The number of carbonyl (C=O) groups is 1. The number of hydrogen-bond acceptors (Lipinski definition) is 5. The Bertz CT molecular complexity index is 1520. The van der Waals surface area contributed by atoms with Gasteiger partial charge in [-0.25, -0.2) is 0 Å². The van der Waals surface area contributed by atoms with E-state index in [1.807, 2.05) is 55.8 Å². The predicted octanol–water partition coefficient (Wildman–Crippen LogP) is 3.42. The van der Waals surface area contributed by atoms with Gasteiger partial charge in [0.1, 0.15) is 0 Å². The summed E-state index contributed by atoms with van der Waals surface area (Å²) in [6, 6.07) is 13.4. The number of H-pyrrole nitrogens is 1. The summed E-state index contributed by atoms with van der Waals surface area (Å²) in [6.45, 7) is 0.429. The fourth-order valence-electron chi connectivity index (χ4n) is 5.24. The van der Waals surface area contributed by atoms with Crippen LogP contribution in [0.4, 0.5) is 0 Å². The molecule has 9 nitrogen and oxygen atoms in total. The number of carbonyl (C=O) groups excluding carboxylic acids is 1. The van der Waals surface area contributed by atoms with Crippen molar-refractivity contribution in [3.8, 4) is 11.3 Å². The molecule has 3 heterocycles. The molecular formula is C26H27N7O2. The van der Waals surface area contributed by atoms with Crippen LogP contribution in [-0.2, 0) is 13.6 Å². The van der Waals surface area contributed by atoms with Crippen molar-refractivity contribution in [3.05, 3.63) is 66.6 Å². The van der Waals surface area contributed by atoms with Crippen molar-refractivity contribution in [2.75, 3.05) is 0 Å². The molecule has 9 heteroatoms. The summed E-state index contributed by atoms with van der Waals surface area (Å²) in [5.74, 6) is -0.143. The predicted molar refractivity (Wildman–Crippen MR) is 133 cm³/mol. The summed E-state index contributed by atoms with van der Waals surface area (Å²) >= 11 is 0. The second-order valence-corrected chi connectivity index (χ2v) is 9.60. The number of rotatable bonds is 5. The lowest BCUT2D eigenvalue weighted by molar-refractivity contribution is -0.0237. The highest BCUT2D eigenvalue weighted by molar-refractivity contribution is 6.02. The van der Waals surface area contributed by atoms with E-state index in [4.69, 9.17) is 0 Å². The summed E-state index contributed by atoms with van der Waals surface area (Å²) in [5.41, 5.74) is 3.25. The summed E-state index contributed by atoms with van der Waals surface area (Å²) in [6.07, 6.45) is 8.43. The molecule has 1 saturated carbocycles. The Morgan fingerprint density at radius 3 is 3.06 bits per heavy atom. The first kappa shape index (κ1) is 21.5. The molecule has 0 spiro atoms. The smallest absolute Gasteiger partial charge is 0.251 e. The largest absolute Gasteiger partial charge is 0.388 e. The Kier molecular flexibility index (Phi) is 5.14. The SMILES string of the molecule is Cn1cc2cc(-c3n[nH]c4ccc(C(=O)N[C@H]5CCC[C@](O)(Cn6cccn6)C5)cc34)ccc2n1. The van der Waals surface area contributed by atoms with Crippen LogP contribution < -0.4 is 5.32 Å². The monoisotopic (exact) mass is 469 g/mol. The molecule has 0 saturated heterocycles. The van der Waals surface area contributed by atoms with E-state index in [1.165, 1.54) is 0 Å². The average molecular weight is 470 g/mol. The van der Waals surface area contributed by atoms with Gasteiger partial charge in [0.2, 0.25) is 0 Å². The summed E-state index contributed by atoms with van der Waals surface area (Å²) in [7, 11) is 1.90. The molecule has 6 rings (SSSR count). The van der Waals surface area contributed by atoms with Gasteiger partial charge in [-0.2, -0.15) is 15.3 Å². The van der Waals surface area contributed by atoms with Gasteiger partial charge < -0.3 is 10.4 Å². The molecule has 3 aromatic heterocycles. The van der Waals surface area contributed by atoms with Crippen LogP contribution in [0, 0.1) is 0 Å². The van der Waals surface area contributed by atoms with E-state index in [9.17, 15) is 9.90 Å². The number of nitrogens with one attached hydrogen (secondary N) is 2. The average Bonchev–Trinajstić information content (AvgIpc) is 3.57. The summed E-state index contributed by atoms with van der Waals surface area (Å²) < 4.78 is 3.54. The highest BCUT2D eigenvalue weighted by Crippen LogP contribution is 2.31. The van der Waals surface area contributed by atoms with Crippen molar-refractivity contribution in [3.63, 3.8) is 0 Å². The van der Waals surface area contributed by atoms with Gasteiger partial charge in [0, 0.05) is 53.6 Å². The molecule has 178 valence electrons. The van der Waals surface area contributed by atoms with Gasteiger partial charge in [-0.3, -0.25) is 19.3 Å². The Morgan fingerprint density at radius 1 is 1.29 bits per heavy atom. The van der Waals surface area contributed by atoms with Gasteiger partial charge in [0.15, 0.2) is 0 Å². The van der Waals surface area contributed by atoms with Crippen molar-refractivity contribution >= 4 is 27.7 Å². The molecule has 3 N–H and O–H groups in total. The minimum Gasteiger partial charge on any atom is -0.388 e. The van der Waals surface area contributed by atoms with Crippen LogP contribution in [0.15, 0.2) is 61.1 Å². The number of nitrogens with zero attached hydrogens (tertiary/aromatic N) is 5. The lowest BCUT2D eigenvalue weighted by Gasteiger charge is -2.37. The Morgan fingerprint density at radius 2 is 2.20 bits per heavy atom. The number of benzene rings is 2. The van der Waals surface area contributed by atoms with Crippen LogP contribution in [0.5, 0.6) is 0 Å². The quantitative estimate of drug-likeness (QED) is 0.365. The Labute approximate surface area is 201 Å². The zero-order valence-corrected chi connectivity index (χ0v) is 19.5. The fourth-order valence-corrected chi connectivity index (χ4v) is 5.24. The molecule has 1 aliphatic rings. The standard InChI is InChI=1S/C26H27N7O2/c1-32-15-19-12-17(5-7-22(19)31-32)24-21-13-18(6-8-23(21)29-30-24)25(34)28-20-4-2-9-26(35,14-20)16-33-11-3-10-27-33/h3,5-8,10-13,15,20,35H,2,4,9,14,16H2,1H3,(H,28,34)(H,29,30)/t20-,26+/m0/s1. The molecule has 5 aromatic rings. The van der Waals surface area contributed by atoms with Crippen molar-refractivity contribution in [2.45, 2.75) is 43.9 Å². The molecule has 0 radical (unpaired) electrons. The van der Waals surface area contributed by atoms with Crippen molar-refractivity contribution < 1.29 is 9.90 Å². The third-order valence-corrected chi connectivity index (χ3v) is 6.89. The lowest BCUT2D eigenvalue weighted by atomic mass is 9.81. The van der Waals surface area contributed by atoms with E-state index in [-0.39, 0.29) is 11.9 Å². The van der Waals surface area contributed by atoms with Crippen molar-refractivity contribution in [1.82, 2.24) is 35.1 Å². The minimum atomic E-state index is -0.880. The molecule has 2 atom stereocenters. The van der Waals surface area contributed by atoms with E-state index in [0.29, 0.717) is 24.9 Å². The molecule has 0 unspecified atom stereocenters. The highest BCUT2D eigenvalue weighted by atomic mass is 16.3. The molecule has 0 bridgehead atoms. The number of amides is 1. The van der Waals surface area contributed by atoms with Crippen molar-refractivity contribution in [2.24, 2.45) is 7.05 Å². The van der Waals surface area contributed by atoms with Crippen LogP contribution in [0.25, 0.3) is 33.1 Å². The Balaban J connectivity index is 1.23. The zero-order valence-electron chi connectivity index (χ0n) is 19.5. The molecule has 35 heavy (non-hydrogen) atoms. The summed E-state index contributed by atoms with van der Waals surface area (Å²) in [4.78, 5) is 13.2. The van der Waals surface area contributed by atoms with Crippen LogP contribution >= 0.6 is 0 Å². The zero-order chi connectivity index (χ0) is 24.0. The topological polar surface area (TPSA) is 114 Å². The third kappa shape index (κ3) is 4.19. The number of aromatic amines is 1. The number of fused-ring (bicyclic) bond motifs is 2. The van der Waals surface area contributed by atoms with Gasteiger partial charge in [0.05, 0.1) is 28.9 Å². The Hall–Kier alpha value is -3.98. The first-order valence-electron chi connectivity index (χ1n) is 11.9. The van der Waals surface area contributed by atoms with Crippen LogP contribution in [0.3, 0.4) is 0 Å². The van der Waals surface area contributed by atoms with Crippen molar-refractivity contribution in [1.29, 1.82) is 0 Å². The van der Waals surface area contributed by atoms with E-state index in [2.05, 4.69) is 31.8 Å². The minimum absolute atomic E-state index is 0.0932. The molecule has 0 aliphatic heterocycles. The maximum atomic E-state index is 13.2. The second kappa shape index (κ2) is 8.35. The van der Waals surface area contributed by atoms with E-state index in [1.54, 1.807) is 15.6 Å². The van der Waals surface area contributed by atoms with Gasteiger partial charge in [-0.1, -0.05) is 6.07 Å². The number of aliphatic hydroxyl groups is 1. The second-order valence-electron chi connectivity index (χ2n) is 9.60. The van der Waals surface area contributed by atoms with Gasteiger partial charge in [-0.15, -0.1) is 0 Å².